The van der Waals surface area contributed by atoms with Crippen LogP contribution in [0.5, 0.6) is 0 Å². The van der Waals surface area contributed by atoms with E-state index in [1.165, 1.54) is 12.1 Å². The number of nitrogens with zero attached hydrogens (tertiary/aromatic N) is 2. The Hall–Kier alpha value is -2.44. The van der Waals surface area contributed by atoms with Crippen LogP contribution in [0, 0.1) is 23.2 Å². The lowest BCUT2D eigenvalue weighted by atomic mass is 9.67. The van der Waals surface area contributed by atoms with Crippen LogP contribution in [0.4, 0.5) is 18.9 Å². The number of amides is 2. The first-order valence-electron chi connectivity index (χ1n) is 9.29. The summed E-state index contributed by atoms with van der Waals surface area (Å²) in [5.41, 5.74) is -3.91. The number of carbonyl (C=O) groups excluding carboxylic acids is 2. The molecule has 2 unspecified atom stereocenters. The topological polar surface area (TPSA) is 79.6 Å². The molecule has 3 heterocycles. The largest absolute Gasteiger partial charge is 0.417 e. The molecule has 29 heavy (non-hydrogen) atoms. The van der Waals surface area contributed by atoms with E-state index in [1.54, 1.807) is 13.8 Å². The minimum absolute atomic E-state index is 0.194. The lowest BCUT2D eigenvalue weighted by Gasteiger charge is -2.34. The van der Waals surface area contributed by atoms with Gasteiger partial charge in [0.15, 0.2) is 0 Å². The van der Waals surface area contributed by atoms with Crippen molar-refractivity contribution in [1.82, 2.24) is 0 Å². The second kappa shape index (κ2) is 6.03. The number of fused-ring (bicyclic) bond motifs is 5. The van der Waals surface area contributed by atoms with Crippen molar-refractivity contribution in [3.05, 3.63) is 29.3 Å². The molecule has 0 radical (unpaired) electrons. The summed E-state index contributed by atoms with van der Waals surface area (Å²) in [5, 5.41) is 8.97. The zero-order valence-corrected chi connectivity index (χ0v) is 16.0. The third-order valence-corrected chi connectivity index (χ3v) is 6.32. The quantitative estimate of drug-likeness (QED) is 0.719. The van der Waals surface area contributed by atoms with Crippen LogP contribution in [-0.4, -0.2) is 35.7 Å². The molecule has 0 aromatic heterocycles. The van der Waals surface area contributed by atoms with Crippen LogP contribution >= 0.6 is 0 Å². The molecule has 3 aliphatic heterocycles. The van der Waals surface area contributed by atoms with Crippen molar-refractivity contribution >= 4 is 17.5 Å². The van der Waals surface area contributed by atoms with Crippen molar-refractivity contribution < 1.29 is 32.2 Å². The Kier molecular flexibility index (Phi) is 4.13. The van der Waals surface area contributed by atoms with Crippen LogP contribution in [0.1, 0.15) is 38.3 Å². The lowest BCUT2D eigenvalue weighted by molar-refractivity contribution is -0.138. The van der Waals surface area contributed by atoms with Crippen LogP contribution < -0.4 is 4.90 Å². The van der Waals surface area contributed by atoms with Gasteiger partial charge in [0.1, 0.15) is 5.60 Å². The highest BCUT2D eigenvalue weighted by Crippen LogP contribution is 2.61. The molecule has 3 fully saturated rings. The Balaban J connectivity index is 1.78. The molecule has 3 aliphatic rings. The highest BCUT2D eigenvalue weighted by atomic mass is 19.4. The standard InChI is InChI=1S/C20H19F3N2O4/c1-4-28-13-8-18(2)14-15(19(13,3)29-18)17(27)25(16(14)26)11-6-5-10(9-24)12(7-11)20(21,22)23/h5-7,13-15H,4,8H2,1-3H3/t13-,14+,15-,18?,19?/m1/s1. The van der Waals surface area contributed by atoms with Gasteiger partial charge in [-0.25, -0.2) is 4.90 Å². The summed E-state index contributed by atoms with van der Waals surface area (Å²) in [5.74, 6) is -2.82. The number of imide groups is 1. The SMILES string of the molecule is CCO[C@@H]1CC2(C)OC1(C)[C@H]1C(=O)N(c3ccc(C#N)c(C(F)(F)F)c3)C(=O)[C@H]12. The van der Waals surface area contributed by atoms with Gasteiger partial charge in [-0.15, -0.1) is 0 Å². The third-order valence-electron chi connectivity index (χ3n) is 6.32. The normalized spacial score (nSPS) is 35.9. The number of alkyl halides is 3. The van der Waals surface area contributed by atoms with Crippen LogP contribution in [0.25, 0.3) is 0 Å². The van der Waals surface area contributed by atoms with Gasteiger partial charge in [0, 0.05) is 13.0 Å². The zero-order chi connectivity index (χ0) is 21.4. The number of ether oxygens (including phenoxy) is 2. The molecule has 1 aromatic carbocycles. The first kappa shape index (κ1) is 19.9. The zero-order valence-electron chi connectivity index (χ0n) is 16.0. The fourth-order valence-corrected chi connectivity index (χ4v) is 5.18. The van der Waals surface area contributed by atoms with Gasteiger partial charge in [0.05, 0.1) is 46.4 Å². The van der Waals surface area contributed by atoms with Crippen molar-refractivity contribution in [1.29, 1.82) is 5.26 Å². The average Bonchev–Trinajstić information content (AvgIpc) is 3.15. The fourth-order valence-electron chi connectivity index (χ4n) is 5.18. The van der Waals surface area contributed by atoms with Crippen molar-refractivity contribution in [2.75, 3.05) is 11.5 Å². The smallest absolute Gasteiger partial charge is 0.375 e. The second-order valence-electron chi connectivity index (χ2n) is 8.05. The number of carbonyl (C=O) groups is 2. The van der Waals surface area contributed by atoms with E-state index in [-0.39, 0.29) is 11.8 Å². The van der Waals surface area contributed by atoms with Crippen LogP contribution in [0.15, 0.2) is 18.2 Å². The van der Waals surface area contributed by atoms with Crippen molar-refractivity contribution in [3.8, 4) is 6.07 Å². The highest BCUT2D eigenvalue weighted by molar-refractivity contribution is 6.23. The number of benzene rings is 1. The maximum absolute atomic E-state index is 13.3. The van der Waals surface area contributed by atoms with Crippen LogP contribution in [0.2, 0.25) is 0 Å². The van der Waals surface area contributed by atoms with Gasteiger partial charge >= 0.3 is 6.18 Å². The van der Waals surface area contributed by atoms with E-state index >= 15 is 0 Å². The molecule has 9 heteroatoms. The van der Waals surface area contributed by atoms with Gasteiger partial charge in [-0.3, -0.25) is 9.59 Å². The third kappa shape index (κ3) is 2.55. The summed E-state index contributed by atoms with van der Waals surface area (Å²) in [6.45, 7) is 5.69. The van der Waals surface area contributed by atoms with E-state index in [0.29, 0.717) is 19.1 Å². The Morgan fingerprint density at radius 3 is 2.52 bits per heavy atom. The van der Waals surface area contributed by atoms with Crippen LogP contribution in [0.3, 0.4) is 0 Å². The summed E-state index contributed by atoms with van der Waals surface area (Å²) in [6.07, 6.45) is -4.75. The highest BCUT2D eigenvalue weighted by Gasteiger charge is 2.76. The number of nitriles is 1. The summed E-state index contributed by atoms with van der Waals surface area (Å²) in [7, 11) is 0. The Labute approximate surface area is 165 Å². The molecule has 0 spiro atoms. The second-order valence-corrected chi connectivity index (χ2v) is 8.05. The van der Waals surface area contributed by atoms with Crippen molar-refractivity contribution in [2.24, 2.45) is 11.8 Å². The molecule has 0 aliphatic carbocycles. The van der Waals surface area contributed by atoms with Gasteiger partial charge in [-0.2, -0.15) is 18.4 Å². The van der Waals surface area contributed by atoms with Crippen molar-refractivity contribution in [3.63, 3.8) is 0 Å². The molecule has 154 valence electrons. The molecule has 6 nitrogen and oxygen atoms in total. The van der Waals surface area contributed by atoms with Crippen molar-refractivity contribution in [2.45, 2.75) is 50.7 Å². The Bertz CT molecular complexity index is 956. The van der Waals surface area contributed by atoms with E-state index in [9.17, 15) is 22.8 Å². The number of hydrogen-bond acceptors (Lipinski definition) is 5. The minimum Gasteiger partial charge on any atom is -0.375 e. The maximum Gasteiger partial charge on any atom is 0.417 e. The van der Waals surface area contributed by atoms with E-state index in [4.69, 9.17) is 14.7 Å². The molecule has 2 amide bonds. The summed E-state index contributed by atoms with van der Waals surface area (Å²) >= 11 is 0. The molecular formula is C20H19F3N2O4. The molecule has 5 atom stereocenters. The summed E-state index contributed by atoms with van der Waals surface area (Å²) < 4.78 is 51.9. The molecule has 0 N–H and O–H groups in total. The summed E-state index contributed by atoms with van der Waals surface area (Å²) in [4.78, 5) is 27.2. The molecule has 3 saturated heterocycles. The number of rotatable bonds is 3. The fraction of sp³-hybridized carbons (Fsp3) is 0.550. The Morgan fingerprint density at radius 1 is 1.28 bits per heavy atom. The van der Waals surface area contributed by atoms with Gasteiger partial charge in [-0.1, -0.05) is 0 Å². The molecule has 2 bridgehead atoms. The molecule has 0 saturated carbocycles. The predicted octanol–water partition coefficient (Wildman–Crippen LogP) is 3.04. The molecule has 4 rings (SSSR count). The maximum atomic E-state index is 13.3. The average molecular weight is 408 g/mol. The van der Waals surface area contributed by atoms with Gasteiger partial charge in [0.2, 0.25) is 11.8 Å². The van der Waals surface area contributed by atoms with E-state index in [1.807, 2.05) is 6.92 Å². The van der Waals surface area contributed by atoms with E-state index in [0.717, 1.165) is 11.0 Å². The first-order valence-corrected chi connectivity index (χ1v) is 9.29. The number of hydrogen-bond donors (Lipinski definition) is 0. The van der Waals surface area contributed by atoms with Gasteiger partial charge in [0.25, 0.3) is 0 Å². The van der Waals surface area contributed by atoms with Crippen LogP contribution in [-0.2, 0) is 25.2 Å². The molecular weight excluding hydrogens is 389 g/mol. The minimum atomic E-state index is -4.79. The number of halogens is 3. The van der Waals surface area contributed by atoms with Gasteiger partial charge in [-0.05, 0) is 39.0 Å². The predicted molar refractivity (Wildman–Crippen MR) is 93.6 cm³/mol. The van der Waals surface area contributed by atoms with E-state index in [2.05, 4.69) is 0 Å². The first-order chi connectivity index (χ1) is 13.5. The lowest BCUT2D eigenvalue weighted by Crippen LogP contribution is -2.50. The molecule has 1 aromatic rings. The van der Waals surface area contributed by atoms with Gasteiger partial charge < -0.3 is 9.47 Å². The Morgan fingerprint density at radius 2 is 1.93 bits per heavy atom. The summed E-state index contributed by atoms with van der Waals surface area (Å²) in [6, 6.07) is 4.35. The number of anilines is 1. The monoisotopic (exact) mass is 408 g/mol. The van der Waals surface area contributed by atoms with E-state index < -0.39 is 52.2 Å².